The largest absolute Gasteiger partial charge is 0.493 e. The van der Waals surface area contributed by atoms with Crippen LogP contribution in [0.1, 0.15) is 36.2 Å². The number of hydrogen-bond acceptors (Lipinski definition) is 4. The van der Waals surface area contributed by atoms with Gasteiger partial charge in [0.25, 0.3) is 0 Å². The summed E-state index contributed by atoms with van der Waals surface area (Å²) in [6, 6.07) is 6.57. The molecule has 1 aliphatic heterocycles. The van der Waals surface area contributed by atoms with Gasteiger partial charge in [-0.05, 0) is 30.2 Å². The maximum absolute atomic E-state index is 5.58. The van der Waals surface area contributed by atoms with E-state index in [0.717, 1.165) is 37.4 Å². The summed E-state index contributed by atoms with van der Waals surface area (Å²) < 4.78 is 7.41. The Balaban J connectivity index is 1.94. The van der Waals surface area contributed by atoms with E-state index in [1.807, 2.05) is 17.9 Å². The summed E-state index contributed by atoms with van der Waals surface area (Å²) >= 11 is 0. The number of nitrogens with zero attached hydrogens (tertiary/aromatic N) is 3. The zero-order chi connectivity index (χ0) is 13.9. The SMILES string of the molecule is CCCNC(c1ccc2c(c1)CCO2)c1cnnn1C. The lowest BCUT2D eigenvalue weighted by atomic mass is 10.00. The Hall–Kier alpha value is -1.88. The maximum atomic E-state index is 5.58. The van der Waals surface area contributed by atoms with Gasteiger partial charge in [0, 0.05) is 13.5 Å². The molecule has 1 aromatic carbocycles. The van der Waals surface area contributed by atoms with Crippen molar-refractivity contribution in [3.05, 3.63) is 41.2 Å². The van der Waals surface area contributed by atoms with Crippen molar-refractivity contribution >= 4 is 0 Å². The van der Waals surface area contributed by atoms with Crippen LogP contribution < -0.4 is 10.1 Å². The third-order valence-electron chi connectivity index (χ3n) is 3.69. The summed E-state index contributed by atoms with van der Waals surface area (Å²) in [6.07, 6.45) is 3.92. The van der Waals surface area contributed by atoms with E-state index in [2.05, 4.69) is 40.8 Å². The predicted octanol–water partition coefficient (Wildman–Crippen LogP) is 1.84. The van der Waals surface area contributed by atoms with Crippen molar-refractivity contribution in [3.63, 3.8) is 0 Å². The third kappa shape index (κ3) is 2.41. The zero-order valence-corrected chi connectivity index (χ0v) is 12.0. The molecule has 5 heteroatoms. The summed E-state index contributed by atoms with van der Waals surface area (Å²) in [5.74, 6) is 1.02. The lowest BCUT2D eigenvalue weighted by molar-refractivity contribution is 0.356. The molecule has 1 N–H and O–H groups in total. The van der Waals surface area contributed by atoms with Gasteiger partial charge in [-0.25, -0.2) is 0 Å². The molecule has 1 aliphatic rings. The molecule has 1 atom stereocenters. The van der Waals surface area contributed by atoms with Gasteiger partial charge in [-0.15, -0.1) is 5.10 Å². The fourth-order valence-electron chi connectivity index (χ4n) is 2.63. The summed E-state index contributed by atoms with van der Waals surface area (Å²) in [5, 5.41) is 11.6. The van der Waals surface area contributed by atoms with Gasteiger partial charge in [-0.1, -0.05) is 24.3 Å². The van der Waals surface area contributed by atoms with Gasteiger partial charge in [0.1, 0.15) is 5.75 Å². The summed E-state index contributed by atoms with van der Waals surface area (Å²) in [6.45, 7) is 3.92. The monoisotopic (exact) mass is 272 g/mol. The van der Waals surface area contributed by atoms with E-state index in [-0.39, 0.29) is 6.04 Å². The minimum absolute atomic E-state index is 0.126. The molecule has 2 heterocycles. The van der Waals surface area contributed by atoms with E-state index in [4.69, 9.17) is 4.74 Å². The molecule has 0 spiro atoms. The van der Waals surface area contributed by atoms with Gasteiger partial charge in [0.2, 0.25) is 0 Å². The highest BCUT2D eigenvalue weighted by atomic mass is 16.5. The molecule has 5 nitrogen and oxygen atoms in total. The number of hydrogen-bond donors (Lipinski definition) is 1. The molecular weight excluding hydrogens is 252 g/mol. The number of nitrogens with one attached hydrogen (secondary N) is 1. The molecule has 20 heavy (non-hydrogen) atoms. The van der Waals surface area contributed by atoms with Crippen LogP contribution in [0.25, 0.3) is 0 Å². The van der Waals surface area contributed by atoms with Gasteiger partial charge in [-0.3, -0.25) is 4.68 Å². The van der Waals surface area contributed by atoms with Gasteiger partial charge >= 0.3 is 0 Å². The summed E-state index contributed by atoms with van der Waals surface area (Å²) in [4.78, 5) is 0. The Bertz CT molecular complexity index is 593. The molecular formula is C15H20N4O. The minimum atomic E-state index is 0.126. The first-order valence-electron chi connectivity index (χ1n) is 7.13. The van der Waals surface area contributed by atoms with Crippen LogP contribution in [0.3, 0.4) is 0 Å². The number of ether oxygens (including phenoxy) is 1. The maximum Gasteiger partial charge on any atom is 0.122 e. The van der Waals surface area contributed by atoms with Gasteiger partial charge < -0.3 is 10.1 Å². The molecule has 0 saturated carbocycles. The second kappa shape index (κ2) is 5.63. The molecule has 0 aliphatic carbocycles. The minimum Gasteiger partial charge on any atom is -0.493 e. The van der Waals surface area contributed by atoms with Crippen LogP contribution in [0.5, 0.6) is 5.75 Å². The molecule has 0 saturated heterocycles. The van der Waals surface area contributed by atoms with Crippen molar-refractivity contribution < 1.29 is 4.74 Å². The standard InChI is InChI=1S/C15H20N4O/c1-3-7-16-15(13-10-17-18-19(13)2)12-4-5-14-11(9-12)6-8-20-14/h4-5,9-10,15-16H,3,6-8H2,1-2H3. The average molecular weight is 272 g/mol. The highest BCUT2D eigenvalue weighted by Crippen LogP contribution is 2.30. The topological polar surface area (TPSA) is 52.0 Å². The molecule has 0 amide bonds. The molecule has 106 valence electrons. The van der Waals surface area contributed by atoms with Crippen LogP contribution in [-0.2, 0) is 13.5 Å². The van der Waals surface area contributed by atoms with E-state index in [1.165, 1.54) is 11.1 Å². The first-order valence-corrected chi connectivity index (χ1v) is 7.13. The molecule has 0 radical (unpaired) electrons. The van der Waals surface area contributed by atoms with E-state index in [0.29, 0.717) is 0 Å². The van der Waals surface area contributed by atoms with Gasteiger partial charge in [0.05, 0.1) is 24.5 Å². The van der Waals surface area contributed by atoms with Crippen molar-refractivity contribution in [1.82, 2.24) is 20.3 Å². The quantitative estimate of drug-likeness (QED) is 0.902. The number of fused-ring (bicyclic) bond motifs is 1. The first kappa shape index (κ1) is 13.1. The summed E-state index contributed by atoms with van der Waals surface area (Å²) in [5.41, 5.74) is 3.62. The lowest BCUT2D eigenvalue weighted by Crippen LogP contribution is -2.25. The Kier molecular flexibility index (Phi) is 3.69. The Morgan fingerprint density at radius 2 is 2.35 bits per heavy atom. The Labute approximate surface area is 118 Å². The van der Waals surface area contributed by atoms with Crippen molar-refractivity contribution in [2.75, 3.05) is 13.2 Å². The fraction of sp³-hybridized carbons (Fsp3) is 0.467. The average Bonchev–Trinajstić information content (AvgIpc) is 3.08. The highest BCUT2D eigenvalue weighted by molar-refractivity contribution is 5.42. The molecule has 0 bridgehead atoms. The van der Waals surface area contributed by atoms with Crippen LogP contribution in [0.4, 0.5) is 0 Å². The Morgan fingerprint density at radius 1 is 1.45 bits per heavy atom. The number of rotatable bonds is 5. The van der Waals surface area contributed by atoms with Crippen LogP contribution in [0.2, 0.25) is 0 Å². The van der Waals surface area contributed by atoms with E-state index >= 15 is 0 Å². The molecule has 1 unspecified atom stereocenters. The van der Waals surface area contributed by atoms with Gasteiger partial charge in [0.15, 0.2) is 0 Å². The zero-order valence-electron chi connectivity index (χ0n) is 12.0. The predicted molar refractivity (Wildman–Crippen MR) is 76.8 cm³/mol. The molecule has 2 aromatic rings. The second-order valence-corrected chi connectivity index (χ2v) is 5.14. The third-order valence-corrected chi connectivity index (χ3v) is 3.69. The van der Waals surface area contributed by atoms with E-state index in [1.54, 1.807) is 0 Å². The van der Waals surface area contributed by atoms with Crippen molar-refractivity contribution in [1.29, 1.82) is 0 Å². The van der Waals surface area contributed by atoms with E-state index in [9.17, 15) is 0 Å². The normalized spacial score (nSPS) is 14.9. The van der Waals surface area contributed by atoms with Crippen molar-refractivity contribution in [3.8, 4) is 5.75 Å². The van der Waals surface area contributed by atoms with Gasteiger partial charge in [-0.2, -0.15) is 0 Å². The van der Waals surface area contributed by atoms with Crippen LogP contribution in [0, 0.1) is 0 Å². The molecule has 1 aromatic heterocycles. The van der Waals surface area contributed by atoms with Crippen molar-refractivity contribution in [2.24, 2.45) is 7.05 Å². The smallest absolute Gasteiger partial charge is 0.122 e. The molecule has 3 rings (SSSR count). The van der Waals surface area contributed by atoms with Crippen LogP contribution in [-0.4, -0.2) is 28.1 Å². The fourth-order valence-corrected chi connectivity index (χ4v) is 2.63. The first-order chi connectivity index (χ1) is 9.79. The number of aromatic nitrogens is 3. The van der Waals surface area contributed by atoms with Crippen LogP contribution >= 0.6 is 0 Å². The van der Waals surface area contributed by atoms with Crippen molar-refractivity contribution in [2.45, 2.75) is 25.8 Å². The lowest BCUT2D eigenvalue weighted by Gasteiger charge is -2.19. The van der Waals surface area contributed by atoms with E-state index < -0.39 is 0 Å². The highest BCUT2D eigenvalue weighted by Gasteiger charge is 2.20. The van der Waals surface area contributed by atoms with Crippen LogP contribution in [0.15, 0.2) is 24.4 Å². The summed E-state index contributed by atoms with van der Waals surface area (Å²) in [7, 11) is 1.93. The number of benzene rings is 1. The Morgan fingerprint density at radius 3 is 3.10 bits per heavy atom. The number of aryl methyl sites for hydroxylation is 1. The second-order valence-electron chi connectivity index (χ2n) is 5.14. The molecule has 0 fully saturated rings.